The normalized spacial score (nSPS) is 10.9. The van der Waals surface area contributed by atoms with Crippen LogP contribution in [0.2, 0.25) is 0 Å². The summed E-state index contributed by atoms with van der Waals surface area (Å²) < 4.78 is 1.74. The van der Waals surface area contributed by atoms with E-state index in [-0.39, 0.29) is 5.78 Å². The molecule has 0 unspecified atom stereocenters. The van der Waals surface area contributed by atoms with Gasteiger partial charge in [0, 0.05) is 30.6 Å². The highest BCUT2D eigenvalue weighted by molar-refractivity contribution is 5.96. The van der Waals surface area contributed by atoms with Gasteiger partial charge in [0.25, 0.3) is 0 Å². The summed E-state index contributed by atoms with van der Waals surface area (Å²) in [5.74, 6) is 0.0558. The van der Waals surface area contributed by atoms with Gasteiger partial charge in [-0.15, -0.1) is 0 Å². The fourth-order valence-electron chi connectivity index (χ4n) is 2.97. The second-order valence-corrected chi connectivity index (χ2v) is 6.11. The van der Waals surface area contributed by atoms with Crippen molar-refractivity contribution in [1.29, 1.82) is 0 Å². The molecular formula is C21H17N3O. The summed E-state index contributed by atoms with van der Waals surface area (Å²) in [4.78, 5) is 21.0. The average Bonchev–Trinajstić information content (AvgIpc) is 3.08. The van der Waals surface area contributed by atoms with Crippen LogP contribution >= 0.6 is 0 Å². The number of rotatable bonds is 4. The van der Waals surface area contributed by atoms with Gasteiger partial charge in [0.1, 0.15) is 5.69 Å². The Morgan fingerprint density at radius 3 is 2.60 bits per heavy atom. The molecular weight excluding hydrogens is 310 g/mol. The monoisotopic (exact) mass is 327 g/mol. The van der Waals surface area contributed by atoms with Gasteiger partial charge in [-0.3, -0.25) is 9.78 Å². The van der Waals surface area contributed by atoms with Crippen LogP contribution < -0.4 is 0 Å². The van der Waals surface area contributed by atoms with Crippen molar-refractivity contribution in [3.05, 3.63) is 84.6 Å². The van der Waals surface area contributed by atoms with Crippen molar-refractivity contribution in [3.8, 4) is 11.1 Å². The van der Waals surface area contributed by atoms with Crippen LogP contribution in [0.5, 0.6) is 0 Å². The zero-order valence-electron chi connectivity index (χ0n) is 13.9. The average molecular weight is 327 g/mol. The number of aryl methyl sites for hydroxylation is 1. The second kappa shape index (κ2) is 6.32. The molecule has 0 fully saturated rings. The van der Waals surface area contributed by atoms with E-state index in [9.17, 15) is 4.79 Å². The van der Waals surface area contributed by atoms with Gasteiger partial charge in [-0.05, 0) is 23.3 Å². The standard InChI is InChI=1S/C21H17N3O/c1-24-14-22-13-20(24)21(25)10-15-7-8-17-11-18(12-23-19(17)9-15)16-5-3-2-4-6-16/h2-9,11-14H,10H2,1H3. The van der Waals surface area contributed by atoms with E-state index >= 15 is 0 Å². The largest absolute Gasteiger partial charge is 0.331 e. The van der Waals surface area contributed by atoms with E-state index in [1.807, 2.05) is 49.6 Å². The Balaban J connectivity index is 1.63. The highest BCUT2D eigenvalue weighted by atomic mass is 16.1. The van der Waals surface area contributed by atoms with E-state index < -0.39 is 0 Å². The van der Waals surface area contributed by atoms with Crippen molar-refractivity contribution in [2.45, 2.75) is 6.42 Å². The Bertz CT molecular complexity index is 1050. The lowest BCUT2D eigenvalue weighted by atomic mass is 10.0. The maximum atomic E-state index is 12.4. The number of carbonyl (C=O) groups excluding carboxylic acids is 1. The van der Waals surface area contributed by atoms with Crippen molar-refractivity contribution in [2.75, 3.05) is 0 Å². The topological polar surface area (TPSA) is 47.8 Å². The lowest BCUT2D eigenvalue weighted by Crippen LogP contribution is -2.08. The molecule has 0 atom stereocenters. The number of benzene rings is 2. The fraction of sp³-hybridized carbons (Fsp3) is 0.0952. The Labute approximate surface area is 145 Å². The molecule has 0 saturated carbocycles. The van der Waals surface area contributed by atoms with Crippen LogP contribution in [0.25, 0.3) is 22.0 Å². The van der Waals surface area contributed by atoms with Gasteiger partial charge < -0.3 is 4.57 Å². The number of imidazole rings is 1. The quantitative estimate of drug-likeness (QED) is 0.531. The molecule has 4 aromatic rings. The van der Waals surface area contributed by atoms with Gasteiger partial charge in [0.15, 0.2) is 5.78 Å². The summed E-state index contributed by atoms with van der Waals surface area (Å²) >= 11 is 0. The predicted octanol–water partition coefficient (Wildman–Crippen LogP) is 4.06. The predicted molar refractivity (Wildman–Crippen MR) is 98.4 cm³/mol. The Morgan fingerprint density at radius 1 is 1.00 bits per heavy atom. The van der Waals surface area contributed by atoms with Crippen LogP contribution in [0.15, 0.2) is 73.3 Å². The van der Waals surface area contributed by atoms with E-state index in [0.29, 0.717) is 12.1 Å². The Kier molecular flexibility index (Phi) is 3.86. The Hall–Kier alpha value is -3.27. The smallest absolute Gasteiger partial charge is 0.185 e. The summed E-state index contributed by atoms with van der Waals surface area (Å²) in [6.07, 6.45) is 5.47. The fourth-order valence-corrected chi connectivity index (χ4v) is 2.97. The van der Waals surface area contributed by atoms with Crippen LogP contribution in [0.1, 0.15) is 16.1 Å². The van der Waals surface area contributed by atoms with E-state index in [0.717, 1.165) is 27.6 Å². The number of nitrogens with zero attached hydrogens (tertiary/aromatic N) is 3. The SMILES string of the molecule is Cn1cncc1C(=O)Cc1ccc2cc(-c3ccccc3)cnc2c1. The highest BCUT2D eigenvalue weighted by Gasteiger charge is 2.11. The number of aromatic nitrogens is 3. The number of carbonyl (C=O) groups is 1. The van der Waals surface area contributed by atoms with Crippen LogP contribution in [0.4, 0.5) is 0 Å². The first kappa shape index (κ1) is 15.3. The third-order valence-corrected chi connectivity index (χ3v) is 4.32. The summed E-state index contributed by atoms with van der Waals surface area (Å²) in [7, 11) is 1.83. The van der Waals surface area contributed by atoms with E-state index in [2.05, 4.69) is 28.2 Å². The molecule has 2 aromatic carbocycles. The molecule has 0 amide bonds. The van der Waals surface area contributed by atoms with Crippen LogP contribution in [-0.4, -0.2) is 20.3 Å². The van der Waals surface area contributed by atoms with Crippen molar-refractivity contribution < 1.29 is 4.79 Å². The van der Waals surface area contributed by atoms with Gasteiger partial charge in [-0.2, -0.15) is 0 Å². The van der Waals surface area contributed by atoms with E-state index in [1.165, 1.54) is 0 Å². The molecule has 0 bridgehead atoms. The lowest BCUT2D eigenvalue weighted by molar-refractivity contribution is 0.0985. The highest BCUT2D eigenvalue weighted by Crippen LogP contribution is 2.23. The molecule has 0 N–H and O–H groups in total. The van der Waals surface area contributed by atoms with Crippen molar-refractivity contribution in [3.63, 3.8) is 0 Å². The van der Waals surface area contributed by atoms with Crippen molar-refractivity contribution in [1.82, 2.24) is 14.5 Å². The molecule has 0 aliphatic carbocycles. The third kappa shape index (κ3) is 3.06. The van der Waals surface area contributed by atoms with Crippen molar-refractivity contribution in [2.24, 2.45) is 7.05 Å². The summed E-state index contributed by atoms with van der Waals surface area (Å²) in [5, 5.41) is 1.07. The zero-order valence-corrected chi connectivity index (χ0v) is 13.9. The molecule has 122 valence electrons. The molecule has 0 spiro atoms. The number of Topliss-reactive ketones (excluding diaryl/α,β-unsaturated/α-hetero) is 1. The minimum atomic E-state index is 0.0558. The number of hydrogen-bond donors (Lipinski definition) is 0. The molecule has 4 nitrogen and oxygen atoms in total. The van der Waals surface area contributed by atoms with Gasteiger partial charge in [0.05, 0.1) is 18.0 Å². The summed E-state index contributed by atoms with van der Waals surface area (Å²) in [6, 6.07) is 18.3. The molecule has 2 aromatic heterocycles. The van der Waals surface area contributed by atoms with Crippen LogP contribution in [-0.2, 0) is 13.5 Å². The van der Waals surface area contributed by atoms with Crippen LogP contribution in [0, 0.1) is 0 Å². The van der Waals surface area contributed by atoms with Gasteiger partial charge in [-0.25, -0.2) is 4.98 Å². The molecule has 0 aliphatic rings. The van der Waals surface area contributed by atoms with E-state index in [1.54, 1.807) is 17.1 Å². The van der Waals surface area contributed by atoms with Gasteiger partial charge >= 0.3 is 0 Å². The van der Waals surface area contributed by atoms with Crippen molar-refractivity contribution >= 4 is 16.7 Å². The third-order valence-electron chi connectivity index (χ3n) is 4.32. The molecule has 25 heavy (non-hydrogen) atoms. The van der Waals surface area contributed by atoms with Gasteiger partial charge in [0.2, 0.25) is 0 Å². The van der Waals surface area contributed by atoms with E-state index in [4.69, 9.17) is 0 Å². The van der Waals surface area contributed by atoms with Gasteiger partial charge in [-0.1, -0.05) is 42.5 Å². The minimum Gasteiger partial charge on any atom is -0.331 e. The number of fused-ring (bicyclic) bond motifs is 1. The number of ketones is 1. The molecule has 2 heterocycles. The maximum absolute atomic E-state index is 12.4. The second-order valence-electron chi connectivity index (χ2n) is 6.11. The first-order chi connectivity index (χ1) is 12.2. The zero-order chi connectivity index (χ0) is 17.2. The number of hydrogen-bond acceptors (Lipinski definition) is 3. The lowest BCUT2D eigenvalue weighted by Gasteiger charge is -2.06. The minimum absolute atomic E-state index is 0.0558. The maximum Gasteiger partial charge on any atom is 0.185 e. The molecule has 0 aliphatic heterocycles. The van der Waals surface area contributed by atoms with Crippen LogP contribution in [0.3, 0.4) is 0 Å². The summed E-state index contributed by atoms with van der Waals surface area (Å²) in [5.41, 5.74) is 4.71. The molecule has 4 heteroatoms. The summed E-state index contributed by atoms with van der Waals surface area (Å²) in [6.45, 7) is 0. The molecule has 0 radical (unpaired) electrons. The molecule has 0 saturated heterocycles. The molecule has 4 rings (SSSR count). The Morgan fingerprint density at radius 2 is 1.84 bits per heavy atom. The first-order valence-electron chi connectivity index (χ1n) is 8.14. The number of pyridine rings is 1. The first-order valence-corrected chi connectivity index (χ1v) is 8.14.